The molecular weight excluding hydrogens is 358 g/mol. The molecule has 2 aromatic rings. The molecule has 0 bridgehead atoms. The van der Waals surface area contributed by atoms with Crippen molar-refractivity contribution < 1.29 is 24.1 Å². The van der Waals surface area contributed by atoms with E-state index in [-0.39, 0.29) is 12.5 Å². The number of aliphatic hydroxyl groups excluding tert-OH is 1. The maximum Gasteiger partial charge on any atom is 0.260 e. The van der Waals surface area contributed by atoms with Crippen LogP contribution >= 0.6 is 11.6 Å². The van der Waals surface area contributed by atoms with Crippen LogP contribution in [-0.4, -0.2) is 36.9 Å². The zero-order valence-electron chi connectivity index (χ0n) is 14.3. The molecule has 2 N–H and O–H groups in total. The molecule has 2 aromatic carbocycles. The van der Waals surface area contributed by atoms with E-state index < -0.39 is 12.2 Å². The number of halogens is 1. The SMILES string of the molecule is CC(Oc1ccc(Cl)cc1)C(=O)NCC(O)c1ccc2c(c1)OCCO2. The Bertz CT molecular complexity index is 765. The molecule has 2 unspecified atom stereocenters. The van der Waals surface area contributed by atoms with Crippen molar-refractivity contribution in [2.45, 2.75) is 19.1 Å². The number of carbonyl (C=O) groups is 1. The van der Waals surface area contributed by atoms with Gasteiger partial charge >= 0.3 is 0 Å². The first kappa shape index (κ1) is 18.4. The van der Waals surface area contributed by atoms with Crippen molar-refractivity contribution >= 4 is 17.5 Å². The van der Waals surface area contributed by atoms with E-state index in [1.54, 1.807) is 49.4 Å². The fourth-order valence-corrected chi connectivity index (χ4v) is 2.62. The summed E-state index contributed by atoms with van der Waals surface area (Å²) in [5, 5.41) is 13.6. The predicted octanol–water partition coefficient (Wildman–Crippen LogP) is 2.73. The van der Waals surface area contributed by atoms with Gasteiger partial charge in [-0.15, -0.1) is 0 Å². The number of ether oxygens (including phenoxy) is 3. The van der Waals surface area contributed by atoms with Gasteiger partial charge in [0.1, 0.15) is 19.0 Å². The van der Waals surface area contributed by atoms with E-state index >= 15 is 0 Å². The van der Waals surface area contributed by atoms with Crippen molar-refractivity contribution in [2.75, 3.05) is 19.8 Å². The Balaban J connectivity index is 1.52. The van der Waals surface area contributed by atoms with Crippen molar-refractivity contribution in [3.63, 3.8) is 0 Å². The molecule has 0 radical (unpaired) electrons. The van der Waals surface area contributed by atoms with Crippen molar-refractivity contribution in [1.82, 2.24) is 5.32 Å². The number of nitrogens with one attached hydrogen (secondary N) is 1. The summed E-state index contributed by atoms with van der Waals surface area (Å²) in [6, 6.07) is 12.0. The van der Waals surface area contributed by atoms with Crippen LogP contribution < -0.4 is 19.5 Å². The van der Waals surface area contributed by atoms with E-state index in [1.807, 2.05) is 0 Å². The van der Waals surface area contributed by atoms with Gasteiger partial charge in [0.15, 0.2) is 17.6 Å². The van der Waals surface area contributed by atoms with Crippen LogP contribution in [0.4, 0.5) is 0 Å². The molecule has 6 nitrogen and oxygen atoms in total. The minimum atomic E-state index is -0.863. The quantitative estimate of drug-likeness (QED) is 0.809. The van der Waals surface area contributed by atoms with Crippen molar-refractivity contribution in [1.29, 1.82) is 0 Å². The van der Waals surface area contributed by atoms with Gasteiger partial charge in [-0.3, -0.25) is 4.79 Å². The first-order valence-corrected chi connectivity index (χ1v) is 8.68. The second-order valence-corrected chi connectivity index (χ2v) is 6.31. The van der Waals surface area contributed by atoms with Crippen LogP contribution in [0.3, 0.4) is 0 Å². The molecule has 1 amide bonds. The fourth-order valence-electron chi connectivity index (χ4n) is 2.50. The van der Waals surface area contributed by atoms with Crippen molar-refractivity contribution in [3.05, 3.63) is 53.1 Å². The van der Waals surface area contributed by atoms with Gasteiger partial charge in [0.05, 0.1) is 6.10 Å². The summed E-state index contributed by atoms with van der Waals surface area (Å²) in [6.45, 7) is 2.69. The van der Waals surface area contributed by atoms with Gasteiger partial charge in [0.25, 0.3) is 5.91 Å². The smallest absolute Gasteiger partial charge is 0.260 e. The second-order valence-electron chi connectivity index (χ2n) is 5.88. The number of carbonyl (C=O) groups excluding carboxylic acids is 1. The number of benzene rings is 2. The Labute approximate surface area is 156 Å². The highest BCUT2D eigenvalue weighted by atomic mass is 35.5. The molecule has 2 atom stereocenters. The number of amides is 1. The Kier molecular flexibility index (Phi) is 5.85. The van der Waals surface area contributed by atoms with Gasteiger partial charge in [-0.1, -0.05) is 17.7 Å². The first-order valence-electron chi connectivity index (χ1n) is 8.30. The van der Waals surface area contributed by atoms with Crippen LogP contribution in [-0.2, 0) is 4.79 Å². The predicted molar refractivity (Wildman–Crippen MR) is 96.9 cm³/mol. The molecule has 0 aromatic heterocycles. The van der Waals surface area contributed by atoms with Crippen molar-refractivity contribution in [3.8, 4) is 17.2 Å². The number of hydrogen-bond donors (Lipinski definition) is 2. The summed E-state index contributed by atoms with van der Waals surface area (Å²) in [5.74, 6) is 1.47. The minimum absolute atomic E-state index is 0.0623. The maximum absolute atomic E-state index is 12.2. The van der Waals surface area contributed by atoms with Gasteiger partial charge in [0.2, 0.25) is 0 Å². The molecule has 1 aliphatic rings. The summed E-state index contributed by atoms with van der Waals surface area (Å²) in [6.07, 6.45) is -1.57. The molecule has 26 heavy (non-hydrogen) atoms. The third kappa shape index (κ3) is 4.59. The lowest BCUT2D eigenvalue weighted by molar-refractivity contribution is -0.127. The van der Waals surface area contributed by atoms with E-state index in [1.165, 1.54) is 0 Å². The van der Waals surface area contributed by atoms with Crippen LogP contribution in [0.2, 0.25) is 5.02 Å². The molecule has 1 heterocycles. The summed E-state index contributed by atoms with van der Waals surface area (Å²) in [4.78, 5) is 12.2. The lowest BCUT2D eigenvalue weighted by Gasteiger charge is -2.21. The normalized spacial score (nSPS) is 15.0. The second kappa shape index (κ2) is 8.29. The van der Waals surface area contributed by atoms with E-state index in [0.29, 0.717) is 41.0 Å². The third-order valence-electron chi connectivity index (χ3n) is 3.92. The molecular formula is C19H20ClNO5. The van der Waals surface area contributed by atoms with E-state index in [2.05, 4.69) is 5.32 Å². The van der Waals surface area contributed by atoms with E-state index in [0.717, 1.165) is 0 Å². The van der Waals surface area contributed by atoms with Gasteiger partial charge in [-0.25, -0.2) is 0 Å². The third-order valence-corrected chi connectivity index (χ3v) is 4.17. The van der Waals surface area contributed by atoms with Crippen LogP contribution in [0.15, 0.2) is 42.5 Å². The monoisotopic (exact) mass is 377 g/mol. The highest BCUT2D eigenvalue weighted by Gasteiger charge is 2.18. The van der Waals surface area contributed by atoms with Gasteiger partial charge in [0, 0.05) is 11.6 Å². The Morgan fingerprint density at radius 3 is 2.62 bits per heavy atom. The lowest BCUT2D eigenvalue weighted by Crippen LogP contribution is -2.38. The number of hydrogen-bond acceptors (Lipinski definition) is 5. The zero-order chi connectivity index (χ0) is 18.5. The first-order chi connectivity index (χ1) is 12.5. The number of aliphatic hydroxyl groups is 1. The Morgan fingerprint density at radius 1 is 1.19 bits per heavy atom. The Hall–Kier alpha value is -2.44. The van der Waals surface area contributed by atoms with Gasteiger partial charge in [-0.2, -0.15) is 0 Å². The molecule has 0 saturated heterocycles. The molecule has 138 valence electrons. The largest absolute Gasteiger partial charge is 0.486 e. The minimum Gasteiger partial charge on any atom is -0.486 e. The molecule has 0 spiro atoms. The molecule has 0 saturated carbocycles. The summed E-state index contributed by atoms with van der Waals surface area (Å²) < 4.78 is 16.5. The Morgan fingerprint density at radius 2 is 1.88 bits per heavy atom. The summed E-state index contributed by atoms with van der Waals surface area (Å²) in [5.41, 5.74) is 0.640. The molecule has 3 rings (SSSR count). The van der Waals surface area contributed by atoms with Crippen LogP contribution in [0, 0.1) is 0 Å². The molecule has 0 fully saturated rings. The standard InChI is InChI=1S/C19H20ClNO5/c1-12(26-15-5-3-14(20)4-6-15)19(23)21-11-16(22)13-2-7-17-18(10-13)25-9-8-24-17/h2-7,10,12,16,22H,8-9,11H2,1H3,(H,21,23). The molecule has 7 heteroatoms. The highest BCUT2D eigenvalue weighted by molar-refractivity contribution is 6.30. The van der Waals surface area contributed by atoms with Crippen LogP contribution in [0.1, 0.15) is 18.6 Å². The van der Waals surface area contributed by atoms with Crippen LogP contribution in [0.5, 0.6) is 17.2 Å². The average Bonchev–Trinajstić information content (AvgIpc) is 2.67. The average molecular weight is 378 g/mol. The lowest BCUT2D eigenvalue weighted by atomic mass is 10.1. The summed E-state index contributed by atoms with van der Waals surface area (Å²) >= 11 is 5.82. The topological polar surface area (TPSA) is 77.0 Å². The summed E-state index contributed by atoms with van der Waals surface area (Å²) in [7, 11) is 0. The fraction of sp³-hybridized carbons (Fsp3) is 0.316. The van der Waals surface area contributed by atoms with E-state index in [4.69, 9.17) is 25.8 Å². The number of rotatable bonds is 6. The van der Waals surface area contributed by atoms with Gasteiger partial charge in [-0.05, 0) is 48.9 Å². The molecule has 0 aliphatic carbocycles. The number of fused-ring (bicyclic) bond motifs is 1. The van der Waals surface area contributed by atoms with Crippen molar-refractivity contribution in [2.24, 2.45) is 0 Å². The van der Waals surface area contributed by atoms with E-state index in [9.17, 15) is 9.90 Å². The van der Waals surface area contributed by atoms with Gasteiger partial charge < -0.3 is 24.6 Å². The molecule has 1 aliphatic heterocycles. The maximum atomic E-state index is 12.2. The zero-order valence-corrected chi connectivity index (χ0v) is 15.0. The highest BCUT2D eigenvalue weighted by Crippen LogP contribution is 2.32. The van der Waals surface area contributed by atoms with Crippen LogP contribution in [0.25, 0.3) is 0 Å².